The summed E-state index contributed by atoms with van der Waals surface area (Å²) < 4.78 is 0. The minimum atomic E-state index is -0.498. The summed E-state index contributed by atoms with van der Waals surface area (Å²) in [6, 6.07) is 2.46. The number of fused-ring (bicyclic) bond motifs is 1. The fraction of sp³-hybridized carbons (Fsp3) is 0.600. The van der Waals surface area contributed by atoms with E-state index in [2.05, 4.69) is 21.8 Å². The number of likely N-dealkylation sites (N-methyl/N-ethyl adjacent to an activating group) is 1. The Hall–Kier alpha value is -1.50. The highest BCUT2D eigenvalue weighted by molar-refractivity contribution is 5.93. The number of nitrogens with zero attached hydrogens (tertiary/aromatic N) is 3. The van der Waals surface area contributed by atoms with Crippen LogP contribution in [0.3, 0.4) is 0 Å². The second-order valence-corrected chi connectivity index (χ2v) is 6.05. The lowest BCUT2D eigenvalue weighted by Gasteiger charge is -2.40. The lowest BCUT2D eigenvalue weighted by molar-refractivity contribution is 0.0705. The van der Waals surface area contributed by atoms with Crippen molar-refractivity contribution in [1.82, 2.24) is 20.3 Å². The van der Waals surface area contributed by atoms with Gasteiger partial charge in [0.05, 0.1) is 11.3 Å². The summed E-state index contributed by atoms with van der Waals surface area (Å²) in [5.41, 5.74) is 4.26. The van der Waals surface area contributed by atoms with Crippen LogP contribution >= 0.6 is 0 Å². The minimum absolute atomic E-state index is 0.419. The summed E-state index contributed by atoms with van der Waals surface area (Å²) in [4.78, 5) is 20.8. The standard InChI is InChI=1S/C15H22N4O2/c1-18-5-2-3-13(9-18)19-6-4-11-7-12(15(20)17-21)8-16-14(11)10-19/h7-8,13,21H,2-6,9-10H2,1H3,(H,17,20). The van der Waals surface area contributed by atoms with Crippen molar-refractivity contribution < 1.29 is 10.0 Å². The van der Waals surface area contributed by atoms with E-state index in [1.165, 1.54) is 19.4 Å². The smallest absolute Gasteiger partial charge is 0.276 e. The van der Waals surface area contributed by atoms with Crippen LogP contribution in [0.4, 0.5) is 0 Å². The van der Waals surface area contributed by atoms with Crippen LogP contribution in [0.5, 0.6) is 0 Å². The Morgan fingerprint density at radius 2 is 2.33 bits per heavy atom. The predicted molar refractivity (Wildman–Crippen MR) is 78.1 cm³/mol. The van der Waals surface area contributed by atoms with Gasteiger partial charge in [0.2, 0.25) is 0 Å². The number of amides is 1. The highest BCUT2D eigenvalue weighted by atomic mass is 16.5. The molecule has 114 valence electrons. The first-order chi connectivity index (χ1) is 10.2. The molecule has 1 atom stereocenters. The van der Waals surface area contributed by atoms with Crippen LogP contribution < -0.4 is 5.48 Å². The molecule has 21 heavy (non-hydrogen) atoms. The Labute approximate surface area is 124 Å². The normalized spacial score (nSPS) is 23.6. The molecular formula is C15H22N4O2. The largest absolute Gasteiger partial charge is 0.305 e. The summed E-state index contributed by atoms with van der Waals surface area (Å²) in [7, 11) is 2.18. The molecule has 0 bridgehead atoms. The Bertz CT molecular complexity index is 534. The summed E-state index contributed by atoms with van der Waals surface area (Å²) in [6.45, 7) is 4.19. The molecule has 0 spiro atoms. The van der Waals surface area contributed by atoms with Crippen molar-refractivity contribution in [2.24, 2.45) is 0 Å². The molecule has 6 heteroatoms. The molecule has 3 heterocycles. The highest BCUT2D eigenvalue weighted by Crippen LogP contribution is 2.23. The first kappa shape index (κ1) is 14.4. The highest BCUT2D eigenvalue weighted by Gasteiger charge is 2.27. The van der Waals surface area contributed by atoms with Gasteiger partial charge in [-0.3, -0.25) is 19.9 Å². The summed E-state index contributed by atoms with van der Waals surface area (Å²) in [6.07, 6.45) is 4.97. The van der Waals surface area contributed by atoms with E-state index in [1.807, 2.05) is 6.07 Å². The number of aromatic nitrogens is 1. The van der Waals surface area contributed by atoms with Crippen molar-refractivity contribution in [2.75, 3.05) is 26.7 Å². The third-order valence-corrected chi connectivity index (χ3v) is 4.56. The molecule has 1 amide bonds. The van der Waals surface area contributed by atoms with Crippen LogP contribution in [0.2, 0.25) is 0 Å². The van der Waals surface area contributed by atoms with Crippen LogP contribution in [0.25, 0.3) is 0 Å². The van der Waals surface area contributed by atoms with Gasteiger partial charge in [-0.05, 0) is 44.5 Å². The van der Waals surface area contributed by atoms with Crippen molar-refractivity contribution in [2.45, 2.75) is 31.8 Å². The van der Waals surface area contributed by atoms with Gasteiger partial charge < -0.3 is 4.90 Å². The van der Waals surface area contributed by atoms with Crippen molar-refractivity contribution in [3.05, 3.63) is 29.1 Å². The molecule has 3 rings (SSSR count). The van der Waals surface area contributed by atoms with Gasteiger partial charge in [0, 0.05) is 31.9 Å². The van der Waals surface area contributed by atoms with E-state index in [4.69, 9.17) is 5.21 Å². The van der Waals surface area contributed by atoms with Gasteiger partial charge in [0.1, 0.15) is 0 Å². The molecule has 1 fully saturated rings. The zero-order valence-electron chi connectivity index (χ0n) is 12.4. The van der Waals surface area contributed by atoms with Crippen LogP contribution in [-0.2, 0) is 13.0 Å². The quantitative estimate of drug-likeness (QED) is 0.618. The number of nitrogens with one attached hydrogen (secondary N) is 1. The van der Waals surface area contributed by atoms with Gasteiger partial charge in [0.25, 0.3) is 5.91 Å². The van der Waals surface area contributed by atoms with Crippen LogP contribution in [0.15, 0.2) is 12.3 Å². The molecule has 2 N–H and O–H groups in total. The number of hydrogen-bond donors (Lipinski definition) is 2. The molecule has 1 saturated heterocycles. The van der Waals surface area contributed by atoms with Gasteiger partial charge in [-0.1, -0.05) is 0 Å². The van der Waals surface area contributed by atoms with Gasteiger partial charge in [0.15, 0.2) is 0 Å². The molecule has 0 aliphatic carbocycles. The van der Waals surface area contributed by atoms with Crippen LogP contribution in [-0.4, -0.2) is 58.6 Å². The molecule has 0 aromatic carbocycles. The van der Waals surface area contributed by atoms with Gasteiger partial charge in [-0.15, -0.1) is 0 Å². The van der Waals surface area contributed by atoms with Crippen molar-refractivity contribution >= 4 is 5.91 Å². The molecule has 2 aliphatic rings. The van der Waals surface area contributed by atoms with E-state index < -0.39 is 5.91 Å². The fourth-order valence-electron chi connectivity index (χ4n) is 3.37. The number of likely N-dealkylation sites (tertiary alicyclic amines) is 1. The summed E-state index contributed by atoms with van der Waals surface area (Å²) >= 11 is 0. The second kappa shape index (κ2) is 6.09. The number of rotatable bonds is 2. The Kier molecular flexibility index (Phi) is 4.19. The van der Waals surface area contributed by atoms with E-state index >= 15 is 0 Å². The molecule has 1 aromatic rings. The number of hydroxylamine groups is 1. The predicted octanol–water partition coefficient (Wildman–Crippen LogP) is 0.653. The minimum Gasteiger partial charge on any atom is -0.305 e. The molecule has 0 radical (unpaired) electrons. The van der Waals surface area contributed by atoms with E-state index in [-0.39, 0.29) is 0 Å². The first-order valence-electron chi connectivity index (χ1n) is 7.52. The SMILES string of the molecule is CN1CCCC(N2CCc3cc(C(=O)NO)cnc3C2)C1. The van der Waals surface area contributed by atoms with Crippen molar-refractivity contribution in [1.29, 1.82) is 0 Å². The molecule has 1 aromatic heterocycles. The maximum absolute atomic E-state index is 11.4. The van der Waals surface area contributed by atoms with E-state index in [0.717, 1.165) is 37.3 Å². The van der Waals surface area contributed by atoms with Gasteiger partial charge in [-0.2, -0.15) is 0 Å². The number of carbonyl (C=O) groups is 1. The molecule has 2 aliphatic heterocycles. The summed E-state index contributed by atoms with van der Waals surface area (Å²) in [5.74, 6) is -0.498. The molecular weight excluding hydrogens is 268 g/mol. The second-order valence-electron chi connectivity index (χ2n) is 6.05. The Morgan fingerprint density at radius 3 is 3.10 bits per heavy atom. The maximum atomic E-state index is 11.4. The molecule has 0 saturated carbocycles. The number of piperidine rings is 1. The third kappa shape index (κ3) is 3.07. The zero-order chi connectivity index (χ0) is 14.8. The number of pyridine rings is 1. The van der Waals surface area contributed by atoms with Crippen molar-refractivity contribution in [3.8, 4) is 0 Å². The monoisotopic (exact) mass is 290 g/mol. The Morgan fingerprint density at radius 1 is 1.48 bits per heavy atom. The lowest BCUT2D eigenvalue weighted by atomic mass is 9.98. The fourth-order valence-corrected chi connectivity index (χ4v) is 3.37. The Balaban J connectivity index is 1.72. The van der Waals surface area contributed by atoms with Gasteiger partial charge >= 0.3 is 0 Å². The van der Waals surface area contributed by atoms with E-state index in [9.17, 15) is 4.79 Å². The van der Waals surface area contributed by atoms with Gasteiger partial charge in [-0.25, -0.2) is 5.48 Å². The first-order valence-corrected chi connectivity index (χ1v) is 7.52. The average Bonchev–Trinajstić information content (AvgIpc) is 2.53. The zero-order valence-corrected chi connectivity index (χ0v) is 12.4. The van der Waals surface area contributed by atoms with Crippen LogP contribution in [0.1, 0.15) is 34.5 Å². The number of carbonyl (C=O) groups excluding carboxylic acids is 1. The van der Waals surface area contributed by atoms with E-state index in [0.29, 0.717) is 11.6 Å². The van der Waals surface area contributed by atoms with Crippen LogP contribution in [0, 0.1) is 0 Å². The average molecular weight is 290 g/mol. The third-order valence-electron chi connectivity index (χ3n) is 4.56. The summed E-state index contributed by atoms with van der Waals surface area (Å²) in [5, 5.41) is 8.69. The molecule has 1 unspecified atom stereocenters. The number of hydrogen-bond acceptors (Lipinski definition) is 5. The maximum Gasteiger partial charge on any atom is 0.276 e. The van der Waals surface area contributed by atoms with E-state index in [1.54, 1.807) is 11.7 Å². The van der Waals surface area contributed by atoms with Crippen molar-refractivity contribution in [3.63, 3.8) is 0 Å². The lowest BCUT2D eigenvalue weighted by Crippen LogP contribution is -2.48. The topological polar surface area (TPSA) is 68.7 Å². The molecule has 6 nitrogen and oxygen atoms in total.